The lowest BCUT2D eigenvalue weighted by molar-refractivity contribution is 0.406. The topological polar surface area (TPSA) is 38.0 Å². The fourth-order valence-corrected chi connectivity index (χ4v) is 3.69. The largest absolute Gasteiger partial charge is 0.271 e. The van der Waals surface area contributed by atoms with Gasteiger partial charge >= 0.3 is 0 Å². The molecule has 0 heterocycles. The van der Waals surface area contributed by atoms with Gasteiger partial charge in [-0.1, -0.05) is 19.8 Å². The normalized spacial score (nSPS) is 37.5. The van der Waals surface area contributed by atoms with Gasteiger partial charge in [0, 0.05) is 18.4 Å². The Hall–Kier alpha value is -0.520. The summed E-state index contributed by atoms with van der Waals surface area (Å²) in [7, 11) is 0. The van der Waals surface area contributed by atoms with Crippen LogP contribution in [0.2, 0.25) is 0 Å². The van der Waals surface area contributed by atoms with Crippen molar-refractivity contribution in [2.24, 2.45) is 35.4 Å². The monoisotopic (exact) mass is 234 g/mol. The van der Waals surface area contributed by atoms with E-state index in [1.54, 1.807) is 0 Å². The van der Waals surface area contributed by atoms with E-state index >= 15 is 0 Å². The van der Waals surface area contributed by atoms with Crippen LogP contribution in [0.15, 0.2) is 0 Å². The summed E-state index contributed by atoms with van der Waals surface area (Å²) in [4.78, 5) is 0. The van der Waals surface area contributed by atoms with Gasteiger partial charge in [0.25, 0.3) is 0 Å². The Morgan fingerprint density at radius 1 is 1.29 bits per heavy atom. The van der Waals surface area contributed by atoms with Crippen LogP contribution in [0.1, 0.15) is 46.5 Å². The van der Waals surface area contributed by atoms with E-state index in [-0.39, 0.29) is 0 Å². The molecule has 17 heavy (non-hydrogen) atoms. The van der Waals surface area contributed by atoms with Crippen molar-refractivity contribution in [1.82, 2.24) is 5.43 Å². The molecule has 5 atom stereocenters. The molecule has 5 unspecified atom stereocenters. The van der Waals surface area contributed by atoms with Gasteiger partial charge in [0.1, 0.15) is 0 Å². The van der Waals surface area contributed by atoms with Crippen molar-refractivity contribution in [3.8, 4) is 11.8 Å². The summed E-state index contributed by atoms with van der Waals surface area (Å²) in [5.41, 5.74) is 2.84. The molecule has 0 aromatic heterocycles. The number of rotatable bonds is 4. The minimum atomic E-state index is 0.378. The van der Waals surface area contributed by atoms with Gasteiger partial charge in [0.05, 0.1) is 0 Å². The second-order valence-corrected chi connectivity index (χ2v) is 6.24. The molecule has 0 radical (unpaired) electrons. The molecule has 1 fully saturated rings. The molecule has 3 N–H and O–H groups in total. The molecule has 0 aromatic carbocycles. The van der Waals surface area contributed by atoms with Gasteiger partial charge < -0.3 is 0 Å². The van der Waals surface area contributed by atoms with Crippen LogP contribution in [-0.4, -0.2) is 6.04 Å². The van der Waals surface area contributed by atoms with Gasteiger partial charge in [-0.15, -0.1) is 5.92 Å². The van der Waals surface area contributed by atoms with Crippen molar-refractivity contribution < 1.29 is 0 Å². The highest BCUT2D eigenvalue weighted by atomic mass is 15.2. The van der Waals surface area contributed by atoms with E-state index in [4.69, 9.17) is 5.84 Å². The lowest BCUT2D eigenvalue weighted by atomic mass is 9.92. The average molecular weight is 234 g/mol. The van der Waals surface area contributed by atoms with E-state index < -0.39 is 0 Å². The van der Waals surface area contributed by atoms with Crippen molar-refractivity contribution in [1.29, 1.82) is 0 Å². The van der Waals surface area contributed by atoms with Crippen molar-refractivity contribution in [3.05, 3.63) is 0 Å². The first kappa shape index (κ1) is 12.9. The molecular formula is C15H26N2. The summed E-state index contributed by atoms with van der Waals surface area (Å²) in [5, 5.41) is 0. The van der Waals surface area contributed by atoms with Crippen LogP contribution in [0, 0.1) is 41.4 Å². The van der Waals surface area contributed by atoms with Gasteiger partial charge in [-0.05, 0) is 49.9 Å². The van der Waals surface area contributed by atoms with Gasteiger partial charge in [0.15, 0.2) is 0 Å². The molecule has 0 amide bonds. The Balaban J connectivity index is 1.94. The maximum absolute atomic E-state index is 5.48. The molecule has 2 heteroatoms. The lowest BCUT2D eigenvalue weighted by Gasteiger charge is -2.17. The van der Waals surface area contributed by atoms with Crippen molar-refractivity contribution in [2.75, 3.05) is 0 Å². The summed E-state index contributed by atoms with van der Waals surface area (Å²) in [6.45, 7) is 6.88. The van der Waals surface area contributed by atoms with E-state index in [1.807, 2.05) is 0 Å². The summed E-state index contributed by atoms with van der Waals surface area (Å²) >= 11 is 0. The molecule has 2 aliphatic carbocycles. The highest BCUT2D eigenvalue weighted by Crippen LogP contribution is 2.56. The van der Waals surface area contributed by atoms with Gasteiger partial charge in [-0.25, -0.2) is 0 Å². The van der Waals surface area contributed by atoms with Crippen LogP contribution in [0.5, 0.6) is 0 Å². The summed E-state index contributed by atoms with van der Waals surface area (Å²) in [6, 6.07) is 0.378. The molecule has 2 rings (SSSR count). The van der Waals surface area contributed by atoms with E-state index in [1.165, 1.54) is 12.8 Å². The molecule has 2 aliphatic rings. The Morgan fingerprint density at radius 2 is 2.06 bits per heavy atom. The zero-order chi connectivity index (χ0) is 12.4. The molecule has 0 spiro atoms. The van der Waals surface area contributed by atoms with Crippen molar-refractivity contribution >= 4 is 0 Å². The predicted molar refractivity (Wildman–Crippen MR) is 71.8 cm³/mol. The minimum absolute atomic E-state index is 0.378. The minimum Gasteiger partial charge on any atom is -0.271 e. The molecule has 2 nitrogen and oxygen atoms in total. The first-order chi connectivity index (χ1) is 8.13. The van der Waals surface area contributed by atoms with Crippen LogP contribution < -0.4 is 11.3 Å². The Labute approximate surface area is 106 Å². The quantitative estimate of drug-likeness (QED) is 0.446. The average Bonchev–Trinajstić information content (AvgIpc) is 2.92. The maximum atomic E-state index is 5.48. The number of nitrogens with one attached hydrogen (secondary N) is 1. The second kappa shape index (κ2) is 5.42. The van der Waals surface area contributed by atoms with Gasteiger partial charge in [0.2, 0.25) is 0 Å². The number of hydrogen-bond acceptors (Lipinski definition) is 2. The molecule has 0 saturated heterocycles. The third-order valence-corrected chi connectivity index (χ3v) is 4.56. The summed E-state index contributed by atoms with van der Waals surface area (Å²) in [5.74, 6) is 16.6. The fraction of sp³-hybridized carbons (Fsp3) is 0.867. The zero-order valence-electron chi connectivity index (χ0n) is 11.4. The highest BCUT2D eigenvalue weighted by Gasteiger charge is 2.51. The second-order valence-electron chi connectivity index (χ2n) is 6.24. The van der Waals surface area contributed by atoms with E-state index in [0.29, 0.717) is 12.0 Å². The summed E-state index contributed by atoms with van der Waals surface area (Å²) in [6.07, 6.45) is 4.83. The van der Waals surface area contributed by atoms with Crippen LogP contribution in [-0.2, 0) is 0 Å². The van der Waals surface area contributed by atoms with Crippen LogP contribution >= 0.6 is 0 Å². The third-order valence-electron chi connectivity index (χ3n) is 4.56. The SMILES string of the molecule is CC(CC1C#CCCC2C(C1)C2C(C)C)NN. The van der Waals surface area contributed by atoms with Crippen molar-refractivity contribution in [3.63, 3.8) is 0 Å². The van der Waals surface area contributed by atoms with Gasteiger partial charge in [-0.2, -0.15) is 0 Å². The molecule has 96 valence electrons. The molecule has 0 bridgehead atoms. The zero-order valence-corrected chi connectivity index (χ0v) is 11.4. The van der Waals surface area contributed by atoms with Crippen LogP contribution in [0.3, 0.4) is 0 Å². The lowest BCUT2D eigenvalue weighted by Crippen LogP contribution is -2.34. The fourth-order valence-electron chi connectivity index (χ4n) is 3.69. The Bertz CT molecular complexity index is 313. The predicted octanol–water partition coefficient (Wildman–Crippen LogP) is 2.55. The molecule has 0 aromatic rings. The third kappa shape index (κ3) is 3.03. The van der Waals surface area contributed by atoms with Crippen molar-refractivity contribution in [2.45, 2.75) is 52.5 Å². The van der Waals surface area contributed by atoms with Crippen LogP contribution in [0.25, 0.3) is 0 Å². The van der Waals surface area contributed by atoms with E-state index in [2.05, 4.69) is 38.0 Å². The number of fused-ring (bicyclic) bond motifs is 1. The highest BCUT2D eigenvalue weighted by molar-refractivity contribution is 5.12. The van der Waals surface area contributed by atoms with Crippen LogP contribution in [0.4, 0.5) is 0 Å². The number of nitrogens with two attached hydrogens (primary N) is 1. The smallest absolute Gasteiger partial charge is 0.0220 e. The first-order valence-corrected chi connectivity index (χ1v) is 7.08. The molecular weight excluding hydrogens is 208 g/mol. The Morgan fingerprint density at radius 3 is 2.71 bits per heavy atom. The maximum Gasteiger partial charge on any atom is 0.0220 e. The van der Waals surface area contributed by atoms with Gasteiger partial charge in [-0.3, -0.25) is 11.3 Å². The first-order valence-electron chi connectivity index (χ1n) is 7.08. The molecule has 1 saturated carbocycles. The molecule has 0 aliphatic heterocycles. The summed E-state index contributed by atoms with van der Waals surface area (Å²) < 4.78 is 0. The number of hydrazine groups is 1. The Kier molecular flexibility index (Phi) is 4.12. The standard InChI is InChI=1S/C15H26N2/c1-10(2)15-13-7-5-4-6-12(9-14(13)15)8-11(3)17-16/h10-15,17H,5,7-9,16H2,1-3H3. The number of hydrogen-bond donors (Lipinski definition) is 2. The van der Waals surface area contributed by atoms with E-state index in [0.717, 1.165) is 36.5 Å². The van der Waals surface area contributed by atoms with E-state index in [9.17, 15) is 0 Å².